The minimum atomic E-state index is 0.682. The molecule has 0 bridgehead atoms. The Morgan fingerprint density at radius 3 is 1.71 bits per heavy atom. The van der Waals surface area contributed by atoms with E-state index < -0.39 is 0 Å². The normalized spacial score (nSPS) is 16.7. The lowest BCUT2D eigenvalue weighted by molar-refractivity contribution is 0.160. The van der Waals surface area contributed by atoms with Gasteiger partial charge in [-0.1, -0.05) is 34.6 Å². The Labute approximate surface area is 90.9 Å². The van der Waals surface area contributed by atoms with Gasteiger partial charge in [-0.25, -0.2) is 0 Å². The molecule has 2 unspecified atom stereocenters. The van der Waals surface area contributed by atoms with Gasteiger partial charge in [0.05, 0.1) is 0 Å². The Hall–Kier alpha value is -0.0400. The topological polar surface area (TPSA) is 3.24 Å². The molecule has 0 aromatic rings. The van der Waals surface area contributed by atoms with E-state index in [1.165, 1.54) is 13.1 Å². The highest BCUT2D eigenvalue weighted by Gasteiger charge is 2.19. The standard InChI is InChI=1S/C13H29N/c1-8-14(11(4)5)9-12(6)13(7)10(2)3/h10-13H,8-9H2,1-7H3. The van der Waals surface area contributed by atoms with Gasteiger partial charge in [0, 0.05) is 12.6 Å². The maximum Gasteiger partial charge on any atom is 0.00385 e. The molecule has 2 atom stereocenters. The van der Waals surface area contributed by atoms with E-state index in [0.29, 0.717) is 6.04 Å². The lowest BCUT2D eigenvalue weighted by atomic mass is 9.86. The predicted octanol–water partition coefficient (Wildman–Crippen LogP) is 3.64. The molecule has 0 spiro atoms. The third kappa shape index (κ3) is 4.45. The molecule has 14 heavy (non-hydrogen) atoms. The largest absolute Gasteiger partial charge is 0.301 e. The second-order valence-electron chi connectivity index (χ2n) is 5.26. The summed E-state index contributed by atoms with van der Waals surface area (Å²) in [6.45, 7) is 18.7. The van der Waals surface area contributed by atoms with Gasteiger partial charge in [0.1, 0.15) is 0 Å². The fourth-order valence-corrected chi connectivity index (χ4v) is 1.90. The lowest BCUT2D eigenvalue weighted by Crippen LogP contribution is -2.36. The molecule has 0 aliphatic carbocycles. The summed E-state index contributed by atoms with van der Waals surface area (Å²) in [5.41, 5.74) is 0. The fourth-order valence-electron chi connectivity index (χ4n) is 1.90. The van der Waals surface area contributed by atoms with Crippen LogP contribution in [0.4, 0.5) is 0 Å². The zero-order valence-electron chi connectivity index (χ0n) is 11.2. The van der Waals surface area contributed by atoms with Crippen LogP contribution in [0.3, 0.4) is 0 Å². The maximum absolute atomic E-state index is 2.56. The first kappa shape index (κ1) is 14.0. The van der Waals surface area contributed by atoms with Gasteiger partial charge in [-0.3, -0.25) is 0 Å². The first-order valence-corrected chi connectivity index (χ1v) is 6.14. The summed E-state index contributed by atoms with van der Waals surface area (Å²) in [5, 5.41) is 0. The highest BCUT2D eigenvalue weighted by Crippen LogP contribution is 2.21. The molecule has 0 amide bonds. The highest BCUT2D eigenvalue weighted by atomic mass is 15.1. The van der Waals surface area contributed by atoms with Crippen LogP contribution in [0.2, 0.25) is 0 Å². The van der Waals surface area contributed by atoms with Crippen molar-refractivity contribution in [2.24, 2.45) is 17.8 Å². The van der Waals surface area contributed by atoms with E-state index in [-0.39, 0.29) is 0 Å². The summed E-state index contributed by atoms with van der Waals surface area (Å²) in [7, 11) is 0. The number of hydrogen-bond donors (Lipinski definition) is 0. The molecule has 0 aromatic heterocycles. The molecule has 0 radical (unpaired) electrons. The van der Waals surface area contributed by atoms with Crippen LogP contribution in [0, 0.1) is 17.8 Å². The molecule has 0 fully saturated rings. The summed E-state index contributed by atoms with van der Waals surface area (Å²) in [6.07, 6.45) is 0. The SMILES string of the molecule is CCN(CC(C)C(C)C(C)C)C(C)C. The van der Waals surface area contributed by atoms with Gasteiger partial charge >= 0.3 is 0 Å². The van der Waals surface area contributed by atoms with Gasteiger partial charge in [0.15, 0.2) is 0 Å². The molecule has 0 saturated carbocycles. The molecule has 0 aromatic carbocycles. The van der Waals surface area contributed by atoms with Gasteiger partial charge in [-0.05, 0) is 38.1 Å². The van der Waals surface area contributed by atoms with Crippen molar-refractivity contribution in [3.05, 3.63) is 0 Å². The van der Waals surface area contributed by atoms with Crippen LogP contribution in [0.1, 0.15) is 48.5 Å². The second-order valence-corrected chi connectivity index (χ2v) is 5.26. The van der Waals surface area contributed by atoms with E-state index in [2.05, 4.69) is 53.4 Å². The summed E-state index contributed by atoms with van der Waals surface area (Å²) in [4.78, 5) is 2.56. The van der Waals surface area contributed by atoms with E-state index in [9.17, 15) is 0 Å². The smallest absolute Gasteiger partial charge is 0.00385 e. The fraction of sp³-hybridized carbons (Fsp3) is 1.00. The van der Waals surface area contributed by atoms with Crippen molar-refractivity contribution >= 4 is 0 Å². The Morgan fingerprint density at radius 2 is 1.43 bits per heavy atom. The van der Waals surface area contributed by atoms with Crippen molar-refractivity contribution in [2.45, 2.75) is 54.5 Å². The molecule has 0 aliphatic heterocycles. The zero-order valence-corrected chi connectivity index (χ0v) is 11.2. The monoisotopic (exact) mass is 199 g/mol. The molecule has 0 rings (SSSR count). The third-order valence-electron chi connectivity index (χ3n) is 3.61. The van der Waals surface area contributed by atoms with Crippen LogP contribution < -0.4 is 0 Å². The predicted molar refractivity (Wildman–Crippen MR) is 65.5 cm³/mol. The van der Waals surface area contributed by atoms with Crippen LogP contribution in [0.15, 0.2) is 0 Å². The first-order valence-electron chi connectivity index (χ1n) is 6.14. The van der Waals surface area contributed by atoms with E-state index in [4.69, 9.17) is 0 Å². The molecule has 0 saturated heterocycles. The van der Waals surface area contributed by atoms with Crippen LogP contribution in [0.5, 0.6) is 0 Å². The Morgan fingerprint density at radius 1 is 0.929 bits per heavy atom. The average molecular weight is 199 g/mol. The van der Waals surface area contributed by atoms with Crippen molar-refractivity contribution < 1.29 is 0 Å². The molecular weight excluding hydrogens is 170 g/mol. The lowest BCUT2D eigenvalue weighted by Gasteiger charge is -2.32. The number of nitrogens with zero attached hydrogens (tertiary/aromatic N) is 1. The minimum Gasteiger partial charge on any atom is -0.301 e. The van der Waals surface area contributed by atoms with Gasteiger partial charge in [0.25, 0.3) is 0 Å². The van der Waals surface area contributed by atoms with Crippen molar-refractivity contribution in [1.82, 2.24) is 4.90 Å². The molecule has 0 aliphatic rings. The van der Waals surface area contributed by atoms with Crippen molar-refractivity contribution in [1.29, 1.82) is 0 Å². The first-order chi connectivity index (χ1) is 6.40. The Bertz CT molecular complexity index is 140. The van der Waals surface area contributed by atoms with Crippen LogP contribution >= 0.6 is 0 Å². The van der Waals surface area contributed by atoms with E-state index in [0.717, 1.165) is 17.8 Å². The molecular formula is C13H29N. The molecule has 0 heterocycles. The third-order valence-corrected chi connectivity index (χ3v) is 3.61. The Kier molecular flexibility index (Phi) is 6.43. The number of hydrogen-bond acceptors (Lipinski definition) is 1. The van der Waals surface area contributed by atoms with Crippen molar-refractivity contribution in [3.8, 4) is 0 Å². The van der Waals surface area contributed by atoms with Crippen LogP contribution in [-0.2, 0) is 0 Å². The molecule has 86 valence electrons. The molecule has 0 N–H and O–H groups in total. The van der Waals surface area contributed by atoms with Crippen molar-refractivity contribution in [3.63, 3.8) is 0 Å². The summed E-state index contributed by atoms with van der Waals surface area (Å²) in [5.74, 6) is 2.43. The van der Waals surface area contributed by atoms with Gasteiger partial charge in [-0.2, -0.15) is 0 Å². The van der Waals surface area contributed by atoms with Gasteiger partial charge in [-0.15, -0.1) is 0 Å². The van der Waals surface area contributed by atoms with E-state index in [1.807, 2.05) is 0 Å². The summed E-state index contributed by atoms with van der Waals surface area (Å²) >= 11 is 0. The molecule has 1 nitrogen and oxygen atoms in total. The van der Waals surface area contributed by atoms with E-state index >= 15 is 0 Å². The number of rotatable bonds is 6. The van der Waals surface area contributed by atoms with Crippen LogP contribution in [0.25, 0.3) is 0 Å². The quantitative estimate of drug-likeness (QED) is 0.631. The van der Waals surface area contributed by atoms with Gasteiger partial charge < -0.3 is 4.90 Å². The summed E-state index contributed by atoms with van der Waals surface area (Å²) < 4.78 is 0. The minimum absolute atomic E-state index is 0.682. The second kappa shape index (κ2) is 6.44. The maximum atomic E-state index is 2.56. The molecule has 1 heteroatoms. The average Bonchev–Trinajstić information content (AvgIpc) is 2.11. The highest BCUT2D eigenvalue weighted by molar-refractivity contribution is 4.71. The van der Waals surface area contributed by atoms with Crippen molar-refractivity contribution in [2.75, 3.05) is 13.1 Å². The van der Waals surface area contributed by atoms with Gasteiger partial charge in [0.2, 0.25) is 0 Å². The van der Waals surface area contributed by atoms with Crippen LogP contribution in [-0.4, -0.2) is 24.0 Å². The zero-order chi connectivity index (χ0) is 11.3. The summed E-state index contributed by atoms with van der Waals surface area (Å²) in [6, 6.07) is 0.682. The van der Waals surface area contributed by atoms with E-state index in [1.54, 1.807) is 0 Å². The Balaban J connectivity index is 4.08.